The first-order chi connectivity index (χ1) is 9.01. The fraction of sp³-hybridized carbons (Fsp3) is 0.733. The van der Waals surface area contributed by atoms with Gasteiger partial charge in [-0.25, -0.2) is 0 Å². The van der Waals surface area contributed by atoms with E-state index in [0.717, 1.165) is 25.7 Å². The van der Waals surface area contributed by atoms with Crippen molar-refractivity contribution in [2.45, 2.75) is 45.1 Å². The number of rotatable bonds is 2. The van der Waals surface area contributed by atoms with Crippen LogP contribution in [0.25, 0.3) is 0 Å². The number of hydrogen-bond donors (Lipinski definition) is 2. The number of nitrogens with one attached hydrogen (secondary N) is 1. The fourth-order valence-electron chi connectivity index (χ4n) is 4.66. The first-order valence-electron chi connectivity index (χ1n) is 7.23. The van der Waals surface area contributed by atoms with Crippen LogP contribution in [-0.2, 0) is 4.79 Å². The van der Waals surface area contributed by atoms with E-state index in [4.69, 9.17) is 5.73 Å². The minimum Gasteiger partial charge on any atom is -0.401 e. The van der Waals surface area contributed by atoms with Gasteiger partial charge in [-0.15, -0.1) is 0 Å². The summed E-state index contributed by atoms with van der Waals surface area (Å²) in [5, 5.41) is 12.6. The summed E-state index contributed by atoms with van der Waals surface area (Å²) in [4.78, 5) is 12.3. The maximum Gasteiger partial charge on any atom is 0.230 e. The summed E-state index contributed by atoms with van der Waals surface area (Å²) >= 11 is 0. The van der Waals surface area contributed by atoms with Crippen molar-refractivity contribution in [1.29, 1.82) is 5.26 Å². The van der Waals surface area contributed by atoms with Crippen LogP contribution < -0.4 is 11.1 Å². The van der Waals surface area contributed by atoms with Crippen LogP contribution in [0.4, 0.5) is 0 Å². The van der Waals surface area contributed by atoms with Crippen molar-refractivity contribution in [1.82, 2.24) is 5.32 Å². The Balaban J connectivity index is 2.12. The highest BCUT2D eigenvalue weighted by atomic mass is 16.2. The molecule has 2 aliphatic carbocycles. The van der Waals surface area contributed by atoms with Gasteiger partial charge >= 0.3 is 0 Å². The fourth-order valence-corrected chi connectivity index (χ4v) is 4.66. The molecule has 1 amide bonds. The molecule has 2 heterocycles. The molecule has 0 aromatic heterocycles. The van der Waals surface area contributed by atoms with Gasteiger partial charge in [0.2, 0.25) is 5.91 Å². The predicted molar refractivity (Wildman–Crippen MR) is 71.5 cm³/mol. The topological polar surface area (TPSA) is 78.9 Å². The normalized spacial score (nSPS) is 40.3. The largest absolute Gasteiger partial charge is 0.401 e. The Morgan fingerprint density at radius 1 is 1.58 bits per heavy atom. The zero-order valence-electron chi connectivity index (χ0n) is 11.6. The lowest BCUT2D eigenvalue weighted by atomic mass is 9.58. The monoisotopic (exact) mass is 259 g/mol. The summed E-state index contributed by atoms with van der Waals surface area (Å²) in [5.74, 6) is 1.03. The van der Waals surface area contributed by atoms with Crippen LogP contribution in [0.3, 0.4) is 0 Å². The highest BCUT2D eigenvalue weighted by Crippen LogP contribution is 2.56. The molecule has 1 spiro atoms. The van der Waals surface area contributed by atoms with Crippen LogP contribution in [-0.4, -0.2) is 11.4 Å². The number of nitrogens with zero attached hydrogens (tertiary/aromatic N) is 1. The highest BCUT2D eigenvalue weighted by molar-refractivity contribution is 5.87. The number of fused-ring (bicyclic) bond motifs is 1. The summed E-state index contributed by atoms with van der Waals surface area (Å²) in [7, 11) is 0. The van der Waals surface area contributed by atoms with Crippen LogP contribution >= 0.6 is 0 Å². The molecular weight excluding hydrogens is 238 g/mol. The molecule has 0 radical (unpaired) electrons. The third kappa shape index (κ3) is 1.47. The number of nitrogens with two attached hydrogens (primary N) is 1. The standard InChI is InChI=1S/C15H21N3O/c1-8(2)6-9-10-4-3-5-15(10)11(7-16)13(17)12(9)14(19)18-15/h8-10,12H,3-6,17H2,1-2H3,(H,18,19)/t9-,10+,12+,15-/m0/s1. The lowest BCUT2D eigenvalue weighted by Crippen LogP contribution is -2.67. The molecule has 102 valence electrons. The van der Waals surface area contributed by atoms with Gasteiger partial charge < -0.3 is 11.1 Å². The second-order valence-corrected chi connectivity index (χ2v) is 6.67. The van der Waals surface area contributed by atoms with Crippen molar-refractivity contribution in [2.24, 2.45) is 29.4 Å². The second-order valence-electron chi connectivity index (χ2n) is 6.67. The van der Waals surface area contributed by atoms with Crippen molar-refractivity contribution in [3.63, 3.8) is 0 Å². The molecule has 2 fully saturated rings. The van der Waals surface area contributed by atoms with Crippen LogP contribution in [0.2, 0.25) is 0 Å². The maximum atomic E-state index is 12.3. The lowest BCUT2D eigenvalue weighted by molar-refractivity contribution is -0.134. The predicted octanol–water partition coefficient (Wildman–Crippen LogP) is 1.68. The van der Waals surface area contributed by atoms with Crippen molar-refractivity contribution in [2.75, 3.05) is 0 Å². The van der Waals surface area contributed by atoms with E-state index in [1.807, 2.05) is 0 Å². The lowest BCUT2D eigenvalue weighted by Gasteiger charge is -2.53. The third-order valence-corrected chi connectivity index (χ3v) is 5.22. The molecule has 2 bridgehead atoms. The Morgan fingerprint density at radius 3 is 2.95 bits per heavy atom. The van der Waals surface area contributed by atoms with Crippen LogP contribution in [0.15, 0.2) is 11.3 Å². The Morgan fingerprint density at radius 2 is 2.32 bits per heavy atom. The smallest absolute Gasteiger partial charge is 0.230 e. The van der Waals surface area contributed by atoms with Gasteiger partial charge in [0, 0.05) is 5.70 Å². The average Bonchev–Trinajstić information content (AvgIpc) is 2.72. The Labute approximate surface area is 114 Å². The molecule has 4 heteroatoms. The van der Waals surface area contributed by atoms with Crippen LogP contribution in [0.1, 0.15) is 39.5 Å². The van der Waals surface area contributed by atoms with Crippen molar-refractivity contribution in [3.05, 3.63) is 11.3 Å². The third-order valence-electron chi connectivity index (χ3n) is 5.22. The molecule has 4 nitrogen and oxygen atoms in total. The molecule has 1 saturated carbocycles. The molecule has 0 unspecified atom stereocenters. The Kier molecular flexibility index (Phi) is 2.63. The zero-order valence-corrected chi connectivity index (χ0v) is 11.6. The van der Waals surface area contributed by atoms with E-state index < -0.39 is 5.54 Å². The Bertz CT molecular complexity index is 502. The summed E-state index contributed by atoms with van der Waals surface area (Å²) < 4.78 is 0. The average molecular weight is 259 g/mol. The molecule has 1 saturated heterocycles. The summed E-state index contributed by atoms with van der Waals surface area (Å²) in [6.45, 7) is 4.37. The molecule has 4 rings (SSSR count). The second kappa shape index (κ2) is 4.00. The van der Waals surface area contributed by atoms with Gasteiger partial charge in [0.25, 0.3) is 0 Å². The van der Waals surface area contributed by atoms with Gasteiger partial charge in [0.05, 0.1) is 23.1 Å². The molecule has 3 N–H and O–H groups in total. The molecule has 4 atom stereocenters. The van der Waals surface area contributed by atoms with Crippen molar-refractivity contribution in [3.8, 4) is 6.07 Å². The summed E-state index contributed by atoms with van der Waals surface area (Å²) in [5.41, 5.74) is 6.94. The number of piperidine rings is 1. The zero-order chi connectivity index (χ0) is 13.8. The molecule has 19 heavy (non-hydrogen) atoms. The van der Waals surface area contributed by atoms with Gasteiger partial charge in [-0.2, -0.15) is 5.26 Å². The molecule has 0 aromatic rings. The van der Waals surface area contributed by atoms with Crippen LogP contribution in [0.5, 0.6) is 0 Å². The van der Waals surface area contributed by atoms with E-state index in [2.05, 4.69) is 25.2 Å². The number of hydrogen-bond acceptors (Lipinski definition) is 3. The highest BCUT2D eigenvalue weighted by Gasteiger charge is 2.62. The molecule has 0 aromatic carbocycles. The number of nitriles is 1. The van der Waals surface area contributed by atoms with Gasteiger partial charge in [0.15, 0.2) is 0 Å². The summed E-state index contributed by atoms with van der Waals surface area (Å²) in [6.07, 6.45) is 4.07. The van der Waals surface area contributed by atoms with Gasteiger partial charge in [0.1, 0.15) is 0 Å². The first kappa shape index (κ1) is 12.5. The SMILES string of the molecule is CC(C)C[C@@H]1[C@H]2C(=O)N[C@]3(CCC[C@H]13)C(C#N)=C2N. The van der Waals surface area contributed by atoms with E-state index in [1.165, 1.54) is 0 Å². The molecule has 2 aliphatic heterocycles. The minimum absolute atomic E-state index is 0.0419. The quantitative estimate of drug-likeness (QED) is 0.792. The van der Waals surface area contributed by atoms with Crippen LogP contribution in [0, 0.1) is 35.0 Å². The van der Waals surface area contributed by atoms with Crippen molar-refractivity contribution < 1.29 is 4.79 Å². The van der Waals surface area contributed by atoms with Gasteiger partial charge in [-0.3, -0.25) is 4.79 Å². The van der Waals surface area contributed by atoms with Crippen molar-refractivity contribution >= 4 is 5.91 Å². The van der Waals surface area contributed by atoms with Gasteiger partial charge in [-0.05, 0) is 37.0 Å². The van der Waals surface area contributed by atoms with E-state index in [0.29, 0.717) is 29.0 Å². The maximum absolute atomic E-state index is 12.3. The summed E-state index contributed by atoms with van der Waals surface area (Å²) in [6, 6.07) is 2.28. The number of amides is 1. The van der Waals surface area contributed by atoms with E-state index in [9.17, 15) is 10.1 Å². The van der Waals surface area contributed by atoms with E-state index >= 15 is 0 Å². The molecular formula is C15H21N3O. The first-order valence-corrected chi connectivity index (χ1v) is 7.23. The number of carbonyl (C=O) groups excluding carboxylic acids is 1. The van der Waals surface area contributed by atoms with Gasteiger partial charge in [-0.1, -0.05) is 20.3 Å². The Hall–Kier alpha value is -1.50. The minimum atomic E-state index is -0.440. The molecule has 4 aliphatic rings. The van der Waals surface area contributed by atoms with E-state index in [1.54, 1.807) is 0 Å². The number of carbonyl (C=O) groups is 1. The van der Waals surface area contributed by atoms with E-state index in [-0.39, 0.29) is 11.8 Å².